The van der Waals surface area contributed by atoms with Gasteiger partial charge in [-0.3, -0.25) is 4.79 Å². The minimum Gasteiger partial charge on any atom is -0.481 e. The molecule has 0 unspecified atom stereocenters. The summed E-state index contributed by atoms with van der Waals surface area (Å²) < 4.78 is 0. The summed E-state index contributed by atoms with van der Waals surface area (Å²) in [4.78, 5) is 10.3. The standard InChI is InChI=1S/C9H16O2/c1-9(5-2-3-6-9)7-4-8(10)11/h2-7H2,1H3,(H,10,11). The molecule has 0 aromatic rings. The molecule has 0 bridgehead atoms. The van der Waals surface area contributed by atoms with Crippen molar-refractivity contribution < 1.29 is 9.90 Å². The van der Waals surface area contributed by atoms with E-state index in [9.17, 15) is 4.79 Å². The van der Waals surface area contributed by atoms with Crippen LogP contribution < -0.4 is 0 Å². The number of hydrogen-bond acceptors (Lipinski definition) is 1. The fourth-order valence-electron chi connectivity index (χ4n) is 1.89. The van der Waals surface area contributed by atoms with Crippen molar-refractivity contribution >= 4 is 5.97 Å². The largest absolute Gasteiger partial charge is 0.481 e. The van der Waals surface area contributed by atoms with Crippen molar-refractivity contribution in [2.24, 2.45) is 5.41 Å². The Morgan fingerprint density at radius 2 is 2.00 bits per heavy atom. The molecule has 0 spiro atoms. The zero-order valence-electron chi connectivity index (χ0n) is 7.10. The van der Waals surface area contributed by atoms with E-state index in [1.165, 1.54) is 25.7 Å². The van der Waals surface area contributed by atoms with Crippen LogP contribution >= 0.6 is 0 Å². The third kappa shape index (κ3) is 2.52. The molecule has 1 aliphatic rings. The highest BCUT2D eigenvalue weighted by Crippen LogP contribution is 2.41. The Morgan fingerprint density at radius 3 is 2.45 bits per heavy atom. The van der Waals surface area contributed by atoms with Crippen molar-refractivity contribution in [3.05, 3.63) is 0 Å². The lowest BCUT2D eigenvalue weighted by Crippen LogP contribution is -2.12. The van der Waals surface area contributed by atoms with Crippen molar-refractivity contribution in [1.82, 2.24) is 0 Å². The fraction of sp³-hybridized carbons (Fsp3) is 0.889. The van der Waals surface area contributed by atoms with Crippen LogP contribution in [0.15, 0.2) is 0 Å². The summed E-state index contributed by atoms with van der Waals surface area (Å²) >= 11 is 0. The van der Waals surface area contributed by atoms with Crippen LogP contribution in [-0.2, 0) is 4.79 Å². The van der Waals surface area contributed by atoms with Crippen molar-refractivity contribution in [2.45, 2.75) is 45.4 Å². The summed E-state index contributed by atoms with van der Waals surface area (Å²) in [5, 5.41) is 8.49. The van der Waals surface area contributed by atoms with E-state index >= 15 is 0 Å². The van der Waals surface area contributed by atoms with E-state index in [0.717, 1.165) is 6.42 Å². The van der Waals surface area contributed by atoms with Gasteiger partial charge in [-0.1, -0.05) is 19.8 Å². The predicted molar refractivity (Wildman–Crippen MR) is 43.4 cm³/mol. The molecule has 2 heteroatoms. The molecule has 0 heterocycles. The lowest BCUT2D eigenvalue weighted by atomic mass is 9.84. The Labute approximate surface area is 67.6 Å². The monoisotopic (exact) mass is 156 g/mol. The first-order valence-corrected chi connectivity index (χ1v) is 4.34. The highest BCUT2D eigenvalue weighted by molar-refractivity contribution is 5.66. The number of carbonyl (C=O) groups is 1. The van der Waals surface area contributed by atoms with Gasteiger partial charge in [-0.2, -0.15) is 0 Å². The van der Waals surface area contributed by atoms with E-state index in [1.54, 1.807) is 0 Å². The number of carboxylic acids is 1. The summed E-state index contributed by atoms with van der Waals surface area (Å²) in [5.74, 6) is -0.655. The SMILES string of the molecule is CC1(CCC(=O)O)CCCC1. The average Bonchev–Trinajstić information content (AvgIpc) is 2.33. The molecule has 64 valence electrons. The van der Waals surface area contributed by atoms with Crippen molar-refractivity contribution in [2.75, 3.05) is 0 Å². The Bertz CT molecular complexity index is 146. The first-order valence-electron chi connectivity index (χ1n) is 4.34. The van der Waals surface area contributed by atoms with Crippen LogP contribution in [0.4, 0.5) is 0 Å². The van der Waals surface area contributed by atoms with Crippen LogP contribution in [-0.4, -0.2) is 11.1 Å². The second kappa shape index (κ2) is 3.24. The van der Waals surface area contributed by atoms with Crippen LogP contribution in [0.25, 0.3) is 0 Å². The highest BCUT2D eigenvalue weighted by atomic mass is 16.4. The van der Waals surface area contributed by atoms with Crippen molar-refractivity contribution in [3.8, 4) is 0 Å². The van der Waals surface area contributed by atoms with Crippen LogP contribution in [0.2, 0.25) is 0 Å². The van der Waals surface area contributed by atoms with Gasteiger partial charge in [0.15, 0.2) is 0 Å². The topological polar surface area (TPSA) is 37.3 Å². The van der Waals surface area contributed by atoms with Crippen LogP contribution in [0, 0.1) is 5.41 Å². The molecule has 2 nitrogen and oxygen atoms in total. The molecule has 1 rings (SSSR count). The van der Waals surface area contributed by atoms with E-state index in [-0.39, 0.29) is 0 Å². The van der Waals surface area contributed by atoms with E-state index in [2.05, 4.69) is 6.92 Å². The van der Waals surface area contributed by atoms with E-state index in [0.29, 0.717) is 11.8 Å². The maximum Gasteiger partial charge on any atom is 0.303 e. The van der Waals surface area contributed by atoms with Gasteiger partial charge in [0, 0.05) is 6.42 Å². The highest BCUT2D eigenvalue weighted by Gasteiger charge is 2.28. The fourth-order valence-corrected chi connectivity index (χ4v) is 1.89. The zero-order chi connectivity index (χ0) is 8.32. The second-order valence-corrected chi connectivity index (χ2v) is 3.91. The van der Waals surface area contributed by atoms with Gasteiger partial charge in [-0.15, -0.1) is 0 Å². The third-order valence-corrected chi connectivity index (χ3v) is 2.75. The molecule has 0 aromatic carbocycles. The number of aliphatic carboxylic acids is 1. The first kappa shape index (κ1) is 8.57. The molecule has 0 radical (unpaired) electrons. The maximum absolute atomic E-state index is 10.3. The average molecular weight is 156 g/mol. The zero-order valence-corrected chi connectivity index (χ0v) is 7.10. The Morgan fingerprint density at radius 1 is 1.45 bits per heavy atom. The summed E-state index contributed by atoms with van der Waals surface area (Å²) in [6.07, 6.45) is 6.23. The van der Waals surface area contributed by atoms with Crippen LogP contribution in [0.1, 0.15) is 45.4 Å². The lowest BCUT2D eigenvalue weighted by Gasteiger charge is -2.21. The molecule has 11 heavy (non-hydrogen) atoms. The molecular weight excluding hydrogens is 140 g/mol. The molecule has 0 aliphatic heterocycles. The predicted octanol–water partition coefficient (Wildman–Crippen LogP) is 2.43. The van der Waals surface area contributed by atoms with Gasteiger partial charge in [0.25, 0.3) is 0 Å². The second-order valence-electron chi connectivity index (χ2n) is 3.91. The molecule has 1 fully saturated rings. The molecule has 1 aliphatic carbocycles. The summed E-state index contributed by atoms with van der Waals surface area (Å²) in [6.45, 7) is 2.21. The number of rotatable bonds is 3. The molecule has 1 saturated carbocycles. The van der Waals surface area contributed by atoms with Gasteiger partial charge < -0.3 is 5.11 Å². The van der Waals surface area contributed by atoms with Gasteiger partial charge >= 0.3 is 5.97 Å². The summed E-state index contributed by atoms with van der Waals surface area (Å²) in [6, 6.07) is 0. The van der Waals surface area contributed by atoms with E-state index < -0.39 is 5.97 Å². The first-order chi connectivity index (χ1) is 5.12. The number of carboxylic acid groups (broad SMARTS) is 1. The van der Waals surface area contributed by atoms with Gasteiger partial charge in [0.05, 0.1) is 0 Å². The van der Waals surface area contributed by atoms with Crippen LogP contribution in [0.5, 0.6) is 0 Å². The van der Waals surface area contributed by atoms with Gasteiger partial charge in [0.1, 0.15) is 0 Å². The van der Waals surface area contributed by atoms with E-state index in [4.69, 9.17) is 5.11 Å². The lowest BCUT2D eigenvalue weighted by molar-refractivity contribution is -0.137. The van der Waals surface area contributed by atoms with Crippen molar-refractivity contribution in [3.63, 3.8) is 0 Å². The van der Waals surface area contributed by atoms with Gasteiger partial charge in [-0.25, -0.2) is 0 Å². The minimum absolute atomic E-state index is 0.344. The minimum atomic E-state index is -0.655. The molecule has 0 atom stereocenters. The third-order valence-electron chi connectivity index (χ3n) is 2.75. The van der Waals surface area contributed by atoms with Gasteiger partial charge in [0.2, 0.25) is 0 Å². The van der Waals surface area contributed by atoms with Gasteiger partial charge in [-0.05, 0) is 24.7 Å². The molecule has 0 aromatic heterocycles. The van der Waals surface area contributed by atoms with Crippen LogP contribution in [0.3, 0.4) is 0 Å². The molecule has 0 amide bonds. The molecule has 1 N–H and O–H groups in total. The number of hydrogen-bond donors (Lipinski definition) is 1. The summed E-state index contributed by atoms with van der Waals surface area (Å²) in [7, 11) is 0. The quantitative estimate of drug-likeness (QED) is 0.681. The molecular formula is C9H16O2. The Kier molecular flexibility index (Phi) is 2.53. The molecule has 0 saturated heterocycles. The normalized spacial score (nSPS) is 21.9. The Balaban J connectivity index is 2.28. The summed E-state index contributed by atoms with van der Waals surface area (Å²) in [5.41, 5.74) is 0.346. The smallest absolute Gasteiger partial charge is 0.303 e. The van der Waals surface area contributed by atoms with E-state index in [1.807, 2.05) is 0 Å². The maximum atomic E-state index is 10.3. The Hall–Kier alpha value is -0.530. The van der Waals surface area contributed by atoms with Crippen molar-refractivity contribution in [1.29, 1.82) is 0 Å².